The summed E-state index contributed by atoms with van der Waals surface area (Å²) in [7, 11) is 0. The van der Waals surface area contributed by atoms with E-state index in [1.165, 1.54) is 12.8 Å². The van der Waals surface area contributed by atoms with Gasteiger partial charge in [0.25, 0.3) is 0 Å². The predicted molar refractivity (Wildman–Crippen MR) is 50.0 cm³/mol. The molecular formula is C9H18N2O2. The van der Waals surface area contributed by atoms with E-state index in [1.54, 1.807) is 4.90 Å². The number of amides is 1. The predicted octanol–water partition coefficient (Wildman–Crippen LogP) is -0.435. The fourth-order valence-corrected chi connectivity index (χ4v) is 1.65. The number of carbonyl (C=O) groups is 1. The summed E-state index contributed by atoms with van der Waals surface area (Å²) in [6.45, 7) is 3.53. The van der Waals surface area contributed by atoms with E-state index in [4.69, 9.17) is 10.8 Å². The van der Waals surface area contributed by atoms with E-state index in [-0.39, 0.29) is 12.5 Å². The third-order valence-electron chi connectivity index (χ3n) is 2.48. The normalized spacial score (nSPS) is 19.8. The van der Waals surface area contributed by atoms with Crippen molar-refractivity contribution in [3.63, 3.8) is 0 Å². The molecule has 0 aliphatic carbocycles. The summed E-state index contributed by atoms with van der Waals surface area (Å²) < 4.78 is 0. The molecule has 1 unspecified atom stereocenters. The molecule has 1 atom stereocenters. The number of aliphatic hydroxyl groups excluding tert-OH is 1. The Morgan fingerprint density at radius 1 is 1.69 bits per heavy atom. The minimum absolute atomic E-state index is 0.116. The number of nitrogens with zero attached hydrogens (tertiary/aromatic N) is 1. The van der Waals surface area contributed by atoms with E-state index in [1.807, 2.05) is 0 Å². The van der Waals surface area contributed by atoms with Gasteiger partial charge in [-0.3, -0.25) is 4.79 Å². The molecule has 0 aromatic rings. The van der Waals surface area contributed by atoms with Gasteiger partial charge in [0.2, 0.25) is 5.91 Å². The molecule has 1 aliphatic rings. The Morgan fingerprint density at radius 2 is 2.31 bits per heavy atom. The summed E-state index contributed by atoms with van der Waals surface area (Å²) in [4.78, 5) is 13.1. The number of nitrogens with two attached hydrogens (primary N) is 1. The van der Waals surface area contributed by atoms with Crippen molar-refractivity contribution in [1.82, 2.24) is 4.90 Å². The van der Waals surface area contributed by atoms with Gasteiger partial charge < -0.3 is 15.7 Å². The Bertz CT molecular complexity index is 178. The SMILES string of the molecule is CCCC1CN(C(=O)C(N)CO)C1. The molecule has 4 heteroatoms. The molecule has 4 nitrogen and oxygen atoms in total. The maximum atomic E-state index is 11.3. The number of hydrogen-bond donors (Lipinski definition) is 2. The minimum atomic E-state index is -0.720. The highest BCUT2D eigenvalue weighted by molar-refractivity contribution is 5.82. The molecule has 0 bridgehead atoms. The molecule has 0 radical (unpaired) electrons. The van der Waals surface area contributed by atoms with Gasteiger partial charge in [-0.15, -0.1) is 0 Å². The summed E-state index contributed by atoms with van der Waals surface area (Å²) in [5, 5.41) is 8.67. The number of carbonyl (C=O) groups excluding carboxylic acids is 1. The first-order valence-corrected chi connectivity index (χ1v) is 4.84. The molecule has 1 rings (SSSR count). The van der Waals surface area contributed by atoms with Crippen molar-refractivity contribution in [2.45, 2.75) is 25.8 Å². The zero-order chi connectivity index (χ0) is 9.84. The average Bonchev–Trinajstić information content (AvgIpc) is 2.08. The lowest BCUT2D eigenvalue weighted by atomic mass is 9.94. The van der Waals surface area contributed by atoms with Crippen LogP contribution in [0.25, 0.3) is 0 Å². The first-order chi connectivity index (χ1) is 6.19. The van der Waals surface area contributed by atoms with E-state index >= 15 is 0 Å². The van der Waals surface area contributed by atoms with Crippen LogP contribution in [-0.4, -0.2) is 41.7 Å². The molecule has 1 amide bonds. The van der Waals surface area contributed by atoms with Crippen LogP contribution >= 0.6 is 0 Å². The fraction of sp³-hybridized carbons (Fsp3) is 0.889. The summed E-state index contributed by atoms with van der Waals surface area (Å²) in [6, 6.07) is -0.720. The van der Waals surface area contributed by atoms with Crippen LogP contribution in [-0.2, 0) is 4.79 Å². The van der Waals surface area contributed by atoms with Gasteiger partial charge in [0.1, 0.15) is 6.04 Å². The Labute approximate surface area is 78.7 Å². The quantitative estimate of drug-likeness (QED) is 0.625. The molecule has 1 saturated heterocycles. The minimum Gasteiger partial charge on any atom is -0.394 e. The maximum absolute atomic E-state index is 11.3. The maximum Gasteiger partial charge on any atom is 0.241 e. The van der Waals surface area contributed by atoms with Crippen molar-refractivity contribution >= 4 is 5.91 Å². The van der Waals surface area contributed by atoms with E-state index < -0.39 is 6.04 Å². The lowest BCUT2D eigenvalue weighted by Gasteiger charge is -2.40. The lowest BCUT2D eigenvalue weighted by Crippen LogP contribution is -2.56. The second-order valence-corrected chi connectivity index (χ2v) is 3.69. The largest absolute Gasteiger partial charge is 0.394 e. The van der Waals surface area contributed by atoms with Crippen LogP contribution in [0.2, 0.25) is 0 Å². The Kier molecular flexibility index (Phi) is 3.69. The number of aliphatic hydroxyl groups is 1. The van der Waals surface area contributed by atoms with Gasteiger partial charge in [-0.2, -0.15) is 0 Å². The van der Waals surface area contributed by atoms with Crippen molar-refractivity contribution in [3.8, 4) is 0 Å². The van der Waals surface area contributed by atoms with Gasteiger partial charge in [0.15, 0.2) is 0 Å². The first kappa shape index (κ1) is 10.5. The highest BCUT2D eigenvalue weighted by atomic mass is 16.3. The molecule has 76 valence electrons. The lowest BCUT2D eigenvalue weighted by molar-refractivity contribution is -0.140. The van der Waals surface area contributed by atoms with Crippen molar-refractivity contribution in [3.05, 3.63) is 0 Å². The van der Waals surface area contributed by atoms with Crippen LogP contribution in [0.1, 0.15) is 19.8 Å². The van der Waals surface area contributed by atoms with Crippen molar-refractivity contribution in [2.75, 3.05) is 19.7 Å². The van der Waals surface area contributed by atoms with Gasteiger partial charge >= 0.3 is 0 Å². The Hall–Kier alpha value is -0.610. The summed E-state index contributed by atoms with van der Waals surface area (Å²) in [5.41, 5.74) is 5.41. The molecule has 0 saturated carbocycles. The van der Waals surface area contributed by atoms with E-state index in [0.717, 1.165) is 13.1 Å². The third-order valence-corrected chi connectivity index (χ3v) is 2.48. The molecule has 1 aliphatic heterocycles. The van der Waals surface area contributed by atoms with E-state index in [2.05, 4.69) is 6.92 Å². The topological polar surface area (TPSA) is 66.6 Å². The summed E-state index contributed by atoms with van der Waals surface area (Å²) >= 11 is 0. The van der Waals surface area contributed by atoms with Crippen LogP contribution < -0.4 is 5.73 Å². The van der Waals surface area contributed by atoms with Gasteiger partial charge in [-0.25, -0.2) is 0 Å². The van der Waals surface area contributed by atoms with Crippen LogP contribution in [0.4, 0.5) is 0 Å². The summed E-state index contributed by atoms with van der Waals surface area (Å²) in [6.07, 6.45) is 2.34. The molecule has 0 spiro atoms. The highest BCUT2D eigenvalue weighted by Crippen LogP contribution is 2.20. The molecular weight excluding hydrogens is 168 g/mol. The van der Waals surface area contributed by atoms with Gasteiger partial charge in [-0.05, 0) is 12.3 Å². The van der Waals surface area contributed by atoms with Gasteiger partial charge in [0, 0.05) is 13.1 Å². The number of rotatable bonds is 4. The van der Waals surface area contributed by atoms with Crippen LogP contribution in [0.5, 0.6) is 0 Å². The standard InChI is InChI=1S/C9H18N2O2/c1-2-3-7-4-11(5-7)9(13)8(10)6-12/h7-8,12H,2-6,10H2,1H3. The highest BCUT2D eigenvalue weighted by Gasteiger charge is 2.31. The van der Waals surface area contributed by atoms with Crippen molar-refractivity contribution in [1.29, 1.82) is 0 Å². The second kappa shape index (κ2) is 4.58. The van der Waals surface area contributed by atoms with Crippen molar-refractivity contribution < 1.29 is 9.90 Å². The third kappa shape index (κ3) is 2.42. The molecule has 0 aromatic carbocycles. The van der Waals surface area contributed by atoms with Crippen molar-refractivity contribution in [2.24, 2.45) is 11.7 Å². The first-order valence-electron chi connectivity index (χ1n) is 4.84. The average molecular weight is 186 g/mol. The zero-order valence-electron chi connectivity index (χ0n) is 8.07. The van der Waals surface area contributed by atoms with Crippen LogP contribution in [0, 0.1) is 5.92 Å². The van der Waals surface area contributed by atoms with Gasteiger partial charge in [-0.1, -0.05) is 13.3 Å². The second-order valence-electron chi connectivity index (χ2n) is 3.69. The fourth-order valence-electron chi connectivity index (χ4n) is 1.65. The Balaban J connectivity index is 2.23. The number of likely N-dealkylation sites (tertiary alicyclic amines) is 1. The Morgan fingerprint density at radius 3 is 2.77 bits per heavy atom. The summed E-state index contributed by atoms with van der Waals surface area (Å²) in [5.74, 6) is 0.537. The van der Waals surface area contributed by atoms with Gasteiger partial charge in [0.05, 0.1) is 6.61 Å². The number of hydrogen-bond acceptors (Lipinski definition) is 3. The zero-order valence-corrected chi connectivity index (χ0v) is 8.07. The molecule has 1 heterocycles. The smallest absolute Gasteiger partial charge is 0.241 e. The molecule has 0 aromatic heterocycles. The van der Waals surface area contributed by atoms with E-state index in [9.17, 15) is 4.79 Å². The molecule has 1 fully saturated rings. The van der Waals surface area contributed by atoms with E-state index in [0.29, 0.717) is 5.92 Å². The monoisotopic (exact) mass is 186 g/mol. The molecule has 3 N–H and O–H groups in total. The van der Waals surface area contributed by atoms with Crippen LogP contribution in [0.3, 0.4) is 0 Å². The van der Waals surface area contributed by atoms with Crippen LogP contribution in [0.15, 0.2) is 0 Å². The molecule has 13 heavy (non-hydrogen) atoms.